The lowest BCUT2D eigenvalue weighted by Crippen LogP contribution is -1.99. The van der Waals surface area contributed by atoms with E-state index < -0.39 is 6.10 Å². The molecule has 3 aromatic rings. The number of aliphatic hydroxyl groups excluding tert-OH is 1. The molecule has 0 aliphatic rings. The van der Waals surface area contributed by atoms with Gasteiger partial charge in [0.25, 0.3) is 5.89 Å². The van der Waals surface area contributed by atoms with E-state index in [1.165, 1.54) is 4.90 Å². The largest absolute Gasteiger partial charge is 0.378 e. The van der Waals surface area contributed by atoms with Crippen molar-refractivity contribution in [1.29, 1.82) is 0 Å². The van der Waals surface area contributed by atoms with Crippen molar-refractivity contribution < 1.29 is 9.63 Å². The summed E-state index contributed by atoms with van der Waals surface area (Å²) < 4.78 is 5.18. The number of thioether (sulfide) groups is 1. The number of hydrogen-bond acceptors (Lipinski definition) is 5. The fourth-order valence-corrected chi connectivity index (χ4v) is 2.39. The zero-order valence-electron chi connectivity index (χ0n) is 11.4. The van der Waals surface area contributed by atoms with Crippen LogP contribution in [-0.4, -0.2) is 21.5 Å². The van der Waals surface area contributed by atoms with Crippen LogP contribution in [0.1, 0.15) is 17.6 Å². The first-order valence-corrected chi connectivity index (χ1v) is 7.71. The first-order chi connectivity index (χ1) is 10.3. The van der Waals surface area contributed by atoms with Crippen LogP contribution in [0.3, 0.4) is 0 Å². The summed E-state index contributed by atoms with van der Waals surface area (Å²) in [7, 11) is 0. The van der Waals surface area contributed by atoms with E-state index in [9.17, 15) is 5.11 Å². The Bertz CT molecular complexity index is 711. The van der Waals surface area contributed by atoms with Gasteiger partial charge < -0.3 is 9.63 Å². The van der Waals surface area contributed by atoms with Crippen LogP contribution in [0.2, 0.25) is 0 Å². The number of hydrogen-bond donors (Lipinski definition) is 1. The van der Waals surface area contributed by atoms with E-state index in [0.717, 1.165) is 11.1 Å². The van der Waals surface area contributed by atoms with Gasteiger partial charge in [0.15, 0.2) is 6.10 Å². The lowest BCUT2D eigenvalue weighted by molar-refractivity contribution is 0.170. The van der Waals surface area contributed by atoms with Crippen molar-refractivity contribution in [3.8, 4) is 11.4 Å². The zero-order chi connectivity index (χ0) is 14.7. The smallest absolute Gasteiger partial charge is 0.260 e. The van der Waals surface area contributed by atoms with Crippen molar-refractivity contribution in [2.24, 2.45) is 0 Å². The number of aliphatic hydroxyl groups is 1. The molecule has 2 aromatic carbocycles. The highest BCUT2D eigenvalue weighted by molar-refractivity contribution is 7.98. The average molecular weight is 298 g/mol. The lowest BCUT2D eigenvalue weighted by Gasteiger charge is -2.04. The average Bonchev–Trinajstić information content (AvgIpc) is 3.05. The molecule has 1 atom stereocenters. The topological polar surface area (TPSA) is 59.2 Å². The van der Waals surface area contributed by atoms with Crippen molar-refractivity contribution in [3.63, 3.8) is 0 Å². The van der Waals surface area contributed by atoms with Crippen LogP contribution in [0.4, 0.5) is 0 Å². The van der Waals surface area contributed by atoms with E-state index >= 15 is 0 Å². The van der Waals surface area contributed by atoms with Crippen LogP contribution < -0.4 is 0 Å². The van der Waals surface area contributed by atoms with Crippen LogP contribution in [0, 0.1) is 0 Å². The summed E-state index contributed by atoms with van der Waals surface area (Å²) in [5, 5.41) is 14.2. The predicted molar refractivity (Wildman–Crippen MR) is 82.0 cm³/mol. The van der Waals surface area contributed by atoms with E-state index in [1.54, 1.807) is 11.8 Å². The van der Waals surface area contributed by atoms with E-state index in [-0.39, 0.29) is 5.89 Å². The third kappa shape index (κ3) is 2.99. The molecule has 21 heavy (non-hydrogen) atoms. The molecule has 1 N–H and O–H groups in total. The molecule has 0 spiro atoms. The van der Waals surface area contributed by atoms with E-state index in [0.29, 0.717) is 5.82 Å². The van der Waals surface area contributed by atoms with Crippen molar-refractivity contribution in [2.75, 3.05) is 6.26 Å². The molecule has 0 saturated carbocycles. The maximum atomic E-state index is 10.2. The molecule has 4 nitrogen and oxygen atoms in total. The van der Waals surface area contributed by atoms with Gasteiger partial charge in [0.05, 0.1) is 0 Å². The van der Waals surface area contributed by atoms with Gasteiger partial charge >= 0.3 is 0 Å². The van der Waals surface area contributed by atoms with Gasteiger partial charge in [-0.2, -0.15) is 4.98 Å². The molecule has 3 rings (SSSR count). The minimum absolute atomic E-state index is 0.199. The van der Waals surface area contributed by atoms with Crippen molar-refractivity contribution in [1.82, 2.24) is 10.1 Å². The zero-order valence-corrected chi connectivity index (χ0v) is 12.2. The molecule has 0 fully saturated rings. The first kappa shape index (κ1) is 13.9. The highest BCUT2D eigenvalue weighted by Crippen LogP contribution is 2.24. The molecule has 0 aliphatic carbocycles. The normalized spacial score (nSPS) is 12.3. The van der Waals surface area contributed by atoms with Crippen LogP contribution in [0.25, 0.3) is 11.4 Å². The highest BCUT2D eigenvalue weighted by Gasteiger charge is 2.18. The summed E-state index contributed by atoms with van der Waals surface area (Å²) in [5.41, 5.74) is 1.59. The molecule has 1 unspecified atom stereocenters. The van der Waals surface area contributed by atoms with Crippen molar-refractivity contribution in [3.05, 3.63) is 66.1 Å². The van der Waals surface area contributed by atoms with Gasteiger partial charge in [-0.3, -0.25) is 0 Å². The number of aromatic nitrogens is 2. The van der Waals surface area contributed by atoms with Gasteiger partial charge in [-0.1, -0.05) is 35.5 Å². The third-order valence-corrected chi connectivity index (χ3v) is 3.88. The first-order valence-electron chi connectivity index (χ1n) is 6.49. The summed E-state index contributed by atoms with van der Waals surface area (Å²) in [5.74, 6) is 0.678. The molecule has 0 aliphatic heterocycles. The van der Waals surface area contributed by atoms with Crippen molar-refractivity contribution >= 4 is 11.8 Å². The number of rotatable bonds is 4. The molecule has 0 bridgehead atoms. The lowest BCUT2D eigenvalue weighted by atomic mass is 10.1. The summed E-state index contributed by atoms with van der Waals surface area (Å²) >= 11 is 1.68. The van der Waals surface area contributed by atoms with E-state index in [1.807, 2.05) is 60.9 Å². The molecule has 5 heteroatoms. The second-order valence-electron chi connectivity index (χ2n) is 4.50. The number of benzene rings is 2. The summed E-state index contributed by atoms with van der Waals surface area (Å²) in [6, 6.07) is 17.1. The minimum atomic E-state index is -0.905. The fourth-order valence-electron chi connectivity index (χ4n) is 1.98. The van der Waals surface area contributed by atoms with E-state index in [4.69, 9.17) is 4.52 Å². The summed E-state index contributed by atoms with van der Waals surface area (Å²) in [6.45, 7) is 0. The summed E-state index contributed by atoms with van der Waals surface area (Å²) in [4.78, 5) is 5.45. The fraction of sp³-hybridized carbons (Fsp3) is 0.125. The maximum absolute atomic E-state index is 10.2. The molecular formula is C16H14N2O2S. The standard InChI is InChI=1S/C16H14N2O2S/c1-21-13-9-7-12(8-10-13)15-17-16(20-18-15)14(19)11-5-3-2-4-6-11/h2-10,14,19H,1H3. The molecule has 0 radical (unpaired) electrons. The Balaban J connectivity index is 1.85. The predicted octanol–water partition coefficient (Wildman–Crippen LogP) is 3.54. The van der Waals surface area contributed by atoms with Gasteiger partial charge in [-0.15, -0.1) is 11.8 Å². The van der Waals surface area contributed by atoms with Gasteiger partial charge in [-0.25, -0.2) is 0 Å². The quantitative estimate of drug-likeness (QED) is 0.747. The van der Waals surface area contributed by atoms with Crippen LogP contribution in [0.15, 0.2) is 64.0 Å². The Hall–Kier alpha value is -2.11. The Morgan fingerprint density at radius 3 is 2.43 bits per heavy atom. The monoisotopic (exact) mass is 298 g/mol. The van der Waals surface area contributed by atoms with Crippen LogP contribution in [-0.2, 0) is 0 Å². The molecule has 106 valence electrons. The van der Waals surface area contributed by atoms with Gasteiger partial charge in [-0.05, 0) is 36.1 Å². The molecule has 1 aromatic heterocycles. The second kappa shape index (κ2) is 6.11. The van der Waals surface area contributed by atoms with Gasteiger partial charge in [0, 0.05) is 10.5 Å². The summed E-state index contributed by atoms with van der Waals surface area (Å²) in [6.07, 6.45) is 1.12. The van der Waals surface area contributed by atoms with Crippen LogP contribution in [0.5, 0.6) is 0 Å². The molecule has 0 saturated heterocycles. The second-order valence-corrected chi connectivity index (χ2v) is 5.38. The van der Waals surface area contributed by atoms with E-state index in [2.05, 4.69) is 10.1 Å². The highest BCUT2D eigenvalue weighted by atomic mass is 32.2. The Labute approximate surface area is 126 Å². The molecule has 1 heterocycles. The molecular weight excluding hydrogens is 284 g/mol. The Morgan fingerprint density at radius 1 is 1.05 bits per heavy atom. The van der Waals surface area contributed by atoms with Crippen LogP contribution >= 0.6 is 11.8 Å². The molecule has 0 amide bonds. The van der Waals surface area contributed by atoms with Gasteiger partial charge in [0.1, 0.15) is 0 Å². The number of nitrogens with zero attached hydrogens (tertiary/aromatic N) is 2. The van der Waals surface area contributed by atoms with Crippen molar-refractivity contribution in [2.45, 2.75) is 11.0 Å². The SMILES string of the molecule is CSc1ccc(-c2noc(C(O)c3ccccc3)n2)cc1. The third-order valence-electron chi connectivity index (χ3n) is 3.14. The minimum Gasteiger partial charge on any atom is -0.378 e. The Kier molecular flexibility index (Phi) is 4.03. The van der Waals surface area contributed by atoms with Gasteiger partial charge in [0.2, 0.25) is 5.82 Å². The maximum Gasteiger partial charge on any atom is 0.260 e. The Morgan fingerprint density at radius 2 is 1.76 bits per heavy atom.